The van der Waals surface area contributed by atoms with E-state index in [1.807, 2.05) is 42.5 Å². The predicted octanol–water partition coefficient (Wildman–Crippen LogP) is 8.01. The van der Waals surface area contributed by atoms with Crippen molar-refractivity contribution in [3.8, 4) is 22.3 Å². The lowest BCUT2D eigenvalue weighted by molar-refractivity contribution is 0.103. The van der Waals surface area contributed by atoms with Gasteiger partial charge in [0.05, 0.1) is 0 Å². The summed E-state index contributed by atoms with van der Waals surface area (Å²) in [7, 11) is 0. The van der Waals surface area contributed by atoms with Gasteiger partial charge in [0.25, 0.3) is 0 Å². The molecule has 0 fully saturated rings. The Labute approximate surface area is 213 Å². The molecule has 2 heteroatoms. The minimum absolute atomic E-state index is 0.0815. The van der Waals surface area contributed by atoms with E-state index in [4.69, 9.17) is 0 Å². The van der Waals surface area contributed by atoms with Crippen molar-refractivity contribution in [1.29, 1.82) is 0 Å². The number of carbonyl (C=O) groups is 2. The lowest BCUT2D eigenvalue weighted by Crippen LogP contribution is -2.11. The molecule has 2 aliphatic carbocycles. The van der Waals surface area contributed by atoms with Gasteiger partial charge < -0.3 is 0 Å². The van der Waals surface area contributed by atoms with Gasteiger partial charge in [0, 0.05) is 33.0 Å². The molecule has 172 valence electrons. The van der Waals surface area contributed by atoms with E-state index in [9.17, 15) is 9.59 Å². The number of benzene rings is 6. The summed E-state index contributed by atoms with van der Waals surface area (Å²) in [4.78, 5) is 26.9. The summed E-state index contributed by atoms with van der Waals surface area (Å²) in [5, 5.41) is 4.26. The van der Waals surface area contributed by atoms with Crippen LogP contribution in [0.15, 0.2) is 109 Å². The van der Waals surface area contributed by atoms with Gasteiger partial charge in [-0.1, -0.05) is 103 Å². The molecule has 0 N–H and O–H groups in total. The fourth-order valence-electron chi connectivity index (χ4n) is 6.34. The quantitative estimate of drug-likeness (QED) is 0.255. The molecule has 0 aromatic heterocycles. The van der Waals surface area contributed by atoms with E-state index in [-0.39, 0.29) is 11.6 Å². The first-order chi connectivity index (χ1) is 18.2. The Morgan fingerprint density at radius 3 is 1.86 bits per heavy atom. The molecule has 6 aromatic rings. The van der Waals surface area contributed by atoms with Crippen LogP contribution in [-0.4, -0.2) is 11.6 Å². The van der Waals surface area contributed by atoms with E-state index in [1.54, 1.807) is 0 Å². The molecular weight excluding hydrogens is 452 g/mol. The highest BCUT2D eigenvalue weighted by Crippen LogP contribution is 2.42. The standard InChI is InChI=1S/C35H20O2/c36-34-28-9-2-1-8-24(28)27-12-5-10-23-22(15-17-30(34)33(23)27)18-20-14-16-25-26-11-3-6-21-7-4-13-29(32(21)26)35(37)31(25)19-20/h1-17,19H,18H2. The molecule has 37 heavy (non-hydrogen) atoms. The lowest BCUT2D eigenvalue weighted by atomic mass is 9.80. The fourth-order valence-corrected chi connectivity index (χ4v) is 6.34. The van der Waals surface area contributed by atoms with Gasteiger partial charge >= 0.3 is 0 Å². The topological polar surface area (TPSA) is 34.1 Å². The van der Waals surface area contributed by atoms with Gasteiger partial charge in [0.1, 0.15) is 0 Å². The Kier molecular flexibility index (Phi) is 4.05. The number of rotatable bonds is 2. The van der Waals surface area contributed by atoms with Gasteiger partial charge in [-0.25, -0.2) is 0 Å². The molecule has 0 radical (unpaired) electrons. The van der Waals surface area contributed by atoms with Crippen molar-refractivity contribution in [2.75, 3.05) is 0 Å². The fraction of sp³-hybridized carbons (Fsp3) is 0.0286. The van der Waals surface area contributed by atoms with Crippen molar-refractivity contribution in [2.24, 2.45) is 0 Å². The van der Waals surface area contributed by atoms with E-state index < -0.39 is 0 Å². The van der Waals surface area contributed by atoms with Crippen LogP contribution in [0.3, 0.4) is 0 Å². The van der Waals surface area contributed by atoms with Crippen LogP contribution in [0, 0.1) is 0 Å². The molecule has 0 atom stereocenters. The number of hydrogen-bond acceptors (Lipinski definition) is 2. The summed E-state index contributed by atoms with van der Waals surface area (Å²) < 4.78 is 0. The minimum atomic E-state index is 0.0815. The Morgan fingerprint density at radius 1 is 0.432 bits per heavy atom. The van der Waals surface area contributed by atoms with Crippen LogP contribution < -0.4 is 0 Å². The number of fused-ring (bicyclic) bond motifs is 4. The molecule has 0 saturated heterocycles. The van der Waals surface area contributed by atoms with Crippen molar-refractivity contribution >= 4 is 33.1 Å². The summed E-state index contributed by atoms with van der Waals surface area (Å²) in [6.07, 6.45) is 0.683. The van der Waals surface area contributed by atoms with E-state index in [2.05, 4.69) is 66.7 Å². The zero-order valence-electron chi connectivity index (χ0n) is 19.9. The normalized spacial score (nSPS) is 13.1. The minimum Gasteiger partial charge on any atom is -0.289 e. The van der Waals surface area contributed by atoms with E-state index in [0.717, 1.165) is 77.2 Å². The zero-order valence-corrected chi connectivity index (χ0v) is 19.9. The first kappa shape index (κ1) is 20.4. The third-order valence-corrected chi connectivity index (χ3v) is 8.00. The highest BCUT2D eigenvalue weighted by Gasteiger charge is 2.27. The second-order valence-corrected chi connectivity index (χ2v) is 9.97. The molecule has 0 amide bonds. The van der Waals surface area contributed by atoms with Crippen molar-refractivity contribution in [1.82, 2.24) is 0 Å². The molecule has 0 bridgehead atoms. The summed E-state index contributed by atoms with van der Waals surface area (Å²) in [6, 6.07) is 36.7. The first-order valence-corrected chi connectivity index (χ1v) is 12.6. The summed E-state index contributed by atoms with van der Waals surface area (Å²) >= 11 is 0. The molecular formula is C35H20O2. The van der Waals surface area contributed by atoms with E-state index in [1.165, 1.54) is 0 Å². The second kappa shape index (κ2) is 7.35. The predicted molar refractivity (Wildman–Crippen MR) is 148 cm³/mol. The van der Waals surface area contributed by atoms with Crippen LogP contribution in [0.5, 0.6) is 0 Å². The summed E-state index contributed by atoms with van der Waals surface area (Å²) in [5.41, 5.74) is 9.51. The van der Waals surface area contributed by atoms with Crippen LogP contribution in [0.4, 0.5) is 0 Å². The van der Waals surface area contributed by atoms with Gasteiger partial charge in [-0.15, -0.1) is 0 Å². The number of hydrogen-bond donors (Lipinski definition) is 0. The lowest BCUT2D eigenvalue weighted by Gasteiger charge is -2.22. The Hall–Kier alpha value is -4.82. The average molecular weight is 473 g/mol. The Bertz CT molecular complexity index is 1990. The van der Waals surface area contributed by atoms with Crippen molar-refractivity contribution in [2.45, 2.75) is 6.42 Å². The SMILES string of the molecule is O=C1c2cc(Cc3ccc4c5c(cccc35)-c3ccccc3C4=O)ccc2-c2cccc3cccc1c23. The van der Waals surface area contributed by atoms with Gasteiger partial charge in [0.15, 0.2) is 11.6 Å². The molecule has 0 unspecified atom stereocenters. The molecule has 2 aliphatic rings. The third-order valence-electron chi connectivity index (χ3n) is 8.00. The van der Waals surface area contributed by atoms with Crippen LogP contribution in [0.2, 0.25) is 0 Å². The van der Waals surface area contributed by atoms with Crippen LogP contribution >= 0.6 is 0 Å². The van der Waals surface area contributed by atoms with Gasteiger partial charge in [-0.2, -0.15) is 0 Å². The third kappa shape index (κ3) is 2.75. The highest BCUT2D eigenvalue weighted by molar-refractivity contribution is 6.27. The highest BCUT2D eigenvalue weighted by atomic mass is 16.1. The molecule has 0 heterocycles. The molecule has 0 saturated carbocycles. The summed E-state index contributed by atoms with van der Waals surface area (Å²) in [5.74, 6) is 0.165. The maximum absolute atomic E-state index is 13.6. The van der Waals surface area contributed by atoms with Gasteiger partial charge in [0.2, 0.25) is 0 Å². The van der Waals surface area contributed by atoms with Gasteiger partial charge in [-0.3, -0.25) is 9.59 Å². The van der Waals surface area contributed by atoms with E-state index in [0.29, 0.717) is 6.42 Å². The first-order valence-electron chi connectivity index (χ1n) is 12.6. The average Bonchev–Trinajstić information content (AvgIpc) is 2.95. The molecule has 0 spiro atoms. The molecule has 0 aliphatic heterocycles. The Morgan fingerprint density at radius 2 is 1.03 bits per heavy atom. The maximum atomic E-state index is 13.6. The summed E-state index contributed by atoms with van der Waals surface area (Å²) in [6.45, 7) is 0. The second-order valence-electron chi connectivity index (χ2n) is 9.97. The van der Waals surface area contributed by atoms with Crippen molar-refractivity contribution in [3.63, 3.8) is 0 Å². The van der Waals surface area contributed by atoms with Crippen LogP contribution in [0.25, 0.3) is 43.8 Å². The molecule has 2 nitrogen and oxygen atoms in total. The molecule has 6 aromatic carbocycles. The number of ketones is 2. The number of carbonyl (C=O) groups excluding carboxylic acids is 2. The van der Waals surface area contributed by atoms with Crippen molar-refractivity contribution < 1.29 is 9.59 Å². The van der Waals surface area contributed by atoms with Gasteiger partial charge in [-0.05, 0) is 56.6 Å². The monoisotopic (exact) mass is 472 g/mol. The molecule has 8 rings (SSSR count). The Balaban J connectivity index is 1.27. The van der Waals surface area contributed by atoms with Crippen LogP contribution in [0.1, 0.15) is 43.0 Å². The van der Waals surface area contributed by atoms with E-state index >= 15 is 0 Å². The smallest absolute Gasteiger partial charge is 0.194 e. The van der Waals surface area contributed by atoms with Crippen LogP contribution in [-0.2, 0) is 6.42 Å². The zero-order chi connectivity index (χ0) is 24.7. The maximum Gasteiger partial charge on any atom is 0.194 e. The largest absolute Gasteiger partial charge is 0.289 e. The van der Waals surface area contributed by atoms with Crippen molar-refractivity contribution in [3.05, 3.63) is 143 Å².